The zero-order chi connectivity index (χ0) is 24.3. The van der Waals surface area contributed by atoms with Gasteiger partial charge in [-0.25, -0.2) is 18.4 Å². The van der Waals surface area contributed by atoms with Crippen LogP contribution >= 0.6 is 0 Å². The Balaban J connectivity index is 1.38. The fourth-order valence-electron chi connectivity index (χ4n) is 4.76. The van der Waals surface area contributed by atoms with Crippen LogP contribution in [0.4, 0.5) is 33.6 Å². The standard InChI is InChI=1S/C21H20F5N7O/c1-12-14-8-28-19(29-18(14)33(30-12)9-16(22)23)31-5-3-20(10-31)7-17(34)32(11-20)13-2-4-27-15(6-13)21(24,25)26/h2,4,6,8,16H,3,5,7,9-11H2,1H3. The molecule has 3 aromatic rings. The highest BCUT2D eigenvalue weighted by atomic mass is 19.4. The number of halogens is 5. The summed E-state index contributed by atoms with van der Waals surface area (Å²) in [5.41, 5.74) is -0.510. The molecule has 0 saturated carbocycles. The maximum atomic E-state index is 13.1. The number of nitrogens with zero attached hydrogens (tertiary/aromatic N) is 7. The summed E-state index contributed by atoms with van der Waals surface area (Å²) in [5, 5.41) is 4.71. The third kappa shape index (κ3) is 3.92. The minimum absolute atomic E-state index is 0.159. The van der Waals surface area contributed by atoms with Crippen LogP contribution in [0.3, 0.4) is 0 Å². The second-order valence-corrected chi connectivity index (χ2v) is 8.79. The maximum absolute atomic E-state index is 13.1. The van der Waals surface area contributed by atoms with Crippen LogP contribution in [0.5, 0.6) is 0 Å². The smallest absolute Gasteiger partial charge is 0.340 e. The molecule has 1 unspecified atom stereocenters. The van der Waals surface area contributed by atoms with Gasteiger partial charge in [0, 0.05) is 49.6 Å². The molecule has 0 bridgehead atoms. The van der Waals surface area contributed by atoms with Crippen LogP contribution in [0.1, 0.15) is 24.2 Å². The average molecular weight is 481 g/mol. The molecule has 5 heterocycles. The first kappa shape index (κ1) is 22.4. The lowest BCUT2D eigenvalue weighted by molar-refractivity contribution is -0.141. The van der Waals surface area contributed by atoms with Gasteiger partial charge in [0.2, 0.25) is 11.9 Å². The second kappa shape index (κ2) is 7.84. The number of alkyl halides is 5. The van der Waals surface area contributed by atoms with Crippen LogP contribution in [0, 0.1) is 12.3 Å². The van der Waals surface area contributed by atoms with Crippen molar-refractivity contribution in [3.8, 4) is 0 Å². The van der Waals surface area contributed by atoms with E-state index in [1.165, 1.54) is 11.0 Å². The fraction of sp³-hybridized carbons (Fsp3) is 0.476. The molecule has 34 heavy (non-hydrogen) atoms. The second-order valence-electron chi connectivity index (χ2n) is 8.79. The van der Waals surface area contributed by atoms with E-state index in [0.717, 1.165) is 16.9 Å². The number of anilines is 2. The summed E-state index contributed by atoms with van der Waals surface area (Å²) in [6.07, 6.45) is -3.80. The van der Waals surface area contributed by atoms with Crippen LogP contribution in [0.25, 0.3) is 11.0 Å². The van der Waals surface area contributed by atoms with E-state index in [4.69, 9.17) is 0 Å². The Morgan fingerprint density at radius 1 is 1.21 bits per heavy atom. The monoisotopic (exact) mass is 481 g/mol. The zero-order valence-corrected chi connectivity index (χ0v) is 18.1. The van der Waals surface area contributed by atoms with Crippen molar-refractivity contribution in [1.29, 1.82) is 0 Å². The summed E-state index contributed by atoms with van der Waals surface area (Å²) < 4.78 is 66.2. The third-order valence-corrected chi connectivity index (χ3v) is 6.36. The third-order valence-electron chi connectivity index (χ3n) is 6.36. The van der Waals surface area contributed by atoms with E-state index in [0.29, 0.717) is 42.2 Å². The largest absolute Gasteiger partial charge is 0.433 e. The van der Waals surface area contributed by atoms with E-state index in [9.17, 15) is 26.7 Å². The highest BCUT2D eigenvalue weighted by Gasteiger charge is 2.48. The number of aryl methyl sites for hydroxylation is 1. The summed E-state index contributed by atoms with van der Waals surface area (Å²) >= 11 is 0. The first-order valence-electron chi connectivity index (χ1n) is 10.6. The normalized spacial score (nSPS) is 21.1. The van der Waals surface area contributed by atoms with Crippen molar-refractivity contribution in [2.24, 2.45) is 5.41 Å². The SMILES string of the molecule is Cc1nn(CC(F)F)c2nc(N3CCC4(CC(=O)N(c5ccnc(C(F)(F)F)c5)C4)C3)ncc12. The summed E-state index contributed by atoms with van der Waals surface area (Å²) in [5.74, 6) is 0.0807. The Bertz CT molecular complexity index is 1260. The number of hydrogen-bond donors (Lipinski definition) is 0. The summed E-state index contributed by atoms with van der Waals surface area (Å²) in [4.78, 5) is 28.2. The Kier molecular flexibility index (Phi) is 5.17. The molecular weight excluding hydrogens is 461 g/mol. The lowest BCUT2D eigenvalue weighted by Crippen LogP contribution is -2.32. The van der Waals surface area contributed by atoms with Gasteiger partial charge in [0.05, 0.1) is 11.1 Å². The van der Waals surface area contributed by atoms with Crippen molar-refractivity contribution in [3.05, 3.63) is 35.9 Å². The molecule has 2 fully saturated rings. The number of aromatic nitrogens is 5. The van der Waals surface area contributed by atoms with E-state index in [-0.39, 0.29) is 24.6 Å². The van der Waals surface area contributed by atoms with Crippen molar-refractivity contribution < 1.29 is 26.7 Å². The molecule has 13 heteroatoms. The van der Waals surface area contributed by atoms with Gasteiger partial charge < -0.3 is 9.80 Å². The molecule has 1 atom stereocenters. The maximum Gasteiger partial charge on any atom is 0.433 e. The van der Waals surface area contributed by atoms with Crippen LogP contribution in [-0.4, -0.2) is 56.7 Å². The topological polar surface area (TPSA) is 80.0 Å². The van der Waals surface area contributed by atoms with Gasteiger partial charge in [0.25, 0.3) is 6.43 Å². The average Bonchev–Trinajstić information content (AvgIpc) is 3.43. The predicted molar refractivity (Wildman–Crippen MR) is 112 cm³/mol. The molecule has 180 valence electrons. The minimum atomic E-state index is -4.61. The Morgan fingerprint density at radius 2 is 2.00 bits per heavy atom. The van der Waals surface area contributed by atoms with Gasteiger partial charge in [-0.3, -0.25) is 9.78 Å². The molecule has 1 spiro atoms. The Labute approximate surface area is 190 Å². The zero-order valence-electron chi connectivity index (χ0n) is 18.1. The Hall–Kier alpha value is -3.38. The first-order chi connectivity index (χ1) is 16.0. The van der Waals surface area contributed by atoms with Crippen molar-refractivity contribution in [1.82, 2.24) is 24.7 Å². The predicted octanol–water partition coefficient (Wildman–Crippen LogP) is 3.45. The molecule has 8 nitrogen and oxygen atoms in total. The van der Waals surface area contributed by atoms with Gasteiger partial charge in [-0.15, -0.1) is 0 Å². The van der Waals surface area contributed by atoms with Crippen LogP contribution < -0.4 is 9.80 Å². The van der Waals surface area contributed by atoms with Crippen molar-refractivity contribution in [3.63, 3.8) is 0 Å². The molecule has 2 aliphatic heterocycles. The number of pyridine rings is 1. The lowest BCUT2D eigenvalue weighted by Gasteiger charge is -2.24. The van der Waals surface area contributed by atoms with E-state index in [2.05, 4.69) is 20.1 Å². The summed E-state index contributed by atoms with van der Waals surface area (Å²) in [6, 6.07) is 2.27. The highest BCUT2D eigenvalue weighted by Crippen LogP contribution is 2.43. The fourth-order valence-corrected chi connectivity index (χ4v) is 4.76. The first-order valence-corrected chi connectivity index (χ1v) is 10.6. The molecule has 2 aliphatic rings. The molecule has 2 saturated heterocycles. The molecular formula is C21H20F5N7O. The Morgan fingerprint density at radius 3 is 2.74 bits per heavy atom. The van der Waals surface area contributed by atoms with E-state index in [1.54, 1.807) is 13.1 Å². The number of hydrogen-bond acceptors (Lipinski definition) is 6. The number of carbonyl (C=O) groups excluding carboxylic acids is 1. The molecule has 3 aromatic heterocycles. The van der Waals surface area contributed by atoms with E-state index < -0.39 is 30.3 Å². The van der Waals surface area contributed by atoms with Gasteiger partial charge in [0.15, 0.2) is 5.65 Å². The van der Waals surface area contributed by atoms with Crippen LogP contribution in [0.15, 0.2) is 24.5 Å². The minimum Gasteiger partial charge on any atom is -0.340 e. The van der Waals surface area contributed by atoms with Gasteiger partial charge in [-0.1, -0.05) is 0 Å². The van der Waals surface area contributed by atoms with Crippen LogP contribution in [-0.2, 0) is 17.5 Å². The quantitative estimate of drug-likeness (QED) is 0.532. The van der Waals surface area contributed by atoms with Crippen molar-refractivity contribution in [2.45, 2.75) is 38.9 Å². The number of amides is 1. The van der Waals surface area contributed by atoms with Crippen molar-refractivity contribution >= 4 is 28.6 Å². The molecule has 5 rings (SSSR count). The highest BCUT2D eigenvalue weighted by molar-refractivity contribution is 5.96. The molecule has 0 radical (unpaired) electrons. The number of fused-ring (bicyclic) bond motifs is 1. The number of rotatable bonds is 4. The van der Waals surface area contributed by atoms with Crippen LogP contribution in [0.2, 0.25) is 0 Å². The van der Waals surface area contributed by atoms with E-state index >= 15 is 0 Å². The van der Waals surface area contributed by atoms with E-state index in [1.807, 2.05) is 4.90 Å². The van der Waals surface area contributed by atoms with Gasteiger partial charge in [-0.2, -0.15) is 23.3 Å². The summed E-state index contributed by atoms with van der Waals surface area (Å²) in [7, 11) is 0. The van der Waals surface area contributed by atoms with Crippen molar-refractivity contribution in [2.75, 3.05) is 29.4 Å². The lowest BCUT2D eigenvalue weighted by atomic mass is 9.86. The molecule has 0 aliphatic carbocycles. The molecule has 0 N–H and O–H groups in total. The van der Waals surface area contributed by atoms with Gasteiger partial charge >= 0.3 is 6.18 Å². The summed E-state index contributed by atoms with van der Waals surface area (Å²) in [6.45, 7) is 2.31. The molecule has 1 amide bonds. The molecule has 0 aromatic carbocycles. The van der Waals surface area contributed by atoms with Gasteiger partial charge in [-0.05, 0) is 25.5 Å². The number of carbonyl (C=O) groups is 1. The van der Waals surface area contributed by atoms with Gasteiger partial charge in [0.1, 0.15) is 12.2 Å².